The molecular formula is C18H23FN2O3. The van der Waals surface area contributed by atoms with Gasteiger partial charge in [0.1, 0.15) is 5.82 Å². The van der Waals surface area contributed by atoms with E-state index in [9.17, 15) is 14.0 Å². The van der Waals surface area contributed by atoms with Gasteiger partial charge >= 0.3 is 0 Å². The molecule has 130 valence electrons. The summed E-state index contributed by atoms with van der Waals surface area (Å²) in [4.78, 5) is 26.7. The van der Waals surface area contributed by atoms with Crippen molar-refractivity contribution in [3.63, 3.8) is 0 Å². The van der Waals surface area contributed by atoms with E-state index >= 15 is 0 Å². The van der Waals surface area contributed by atoms with Crippen molar-refractivity contribution in [1.82, 2.24) is 4.90 Å². The van der Waals surface area contributed by atoms with Crippen molar-refractivity contribution in [1.29, 1.82) is 0 Å². The molecule has 1 aromatic rings. The summed E-state index contributed by atoms with van der Waals surface area (Å²) < 4.78 is 18.5. The monoisotopic (exact) mass is 334 g/mol. The molecule has 0 aromatic heterocycles. The van der Waals surface area contributed by atoms with E-state index in [-0.39, 0.29) is 29.5 Å². The predicted molar refractivity (Wildman–Crippen MR) is 87.9 cm³/mol. The second-order valence-corrected chi connectivity index (χ2v) is 6.49. The molecule has 1 N–H and O–H groups in total. The average molecular weight is 334 g/mol. The summed E-state index contributed by atoms with van der Waals surface area (Å²) in [5.74, 6) is -0.351. The Hall–Kier alpha value is -1.95. The normalized spacial score (nSPS) is 24.5. The molecule has 2 aliphatic rings. The summed E-state index contributed by atoms with van der Waals surface area (Å²) in [6, 6.07) is 5.90. The van der Waals surface area contributed by atoms with Crippen molar-refractivity contribution < 1.29 is 18.7 Å². The Morgan fingerprint density at radius 2 is 1.75 bits per heavy atom. The molecular weight excluding hydrogens is 311 g/mol. The van der Waals surface area contributed by atoms with Crippen LogP contribution in [0.2, 0.25) is 0 Å². The zero-order valence-corrected chi connectivity index (χ0v) is 13.7. The van der Waals surface area contributed by atoms with Gasteiger partial charge in [-0.25, -0.2) is 4.39 Å². The Kier molecular flexibility index (Phi) is 5.45. The minimum atomic E-state index is -0.368. The van der Waals surface area contributed by atoms with Crippen LogP contribution in [0.3, 0.4) is 0 Å². The van der Waals surface area contributed by atoms with Gasteiger partial charge in [-0.05, 0) is 43.9 Å². The number of nitrogens with zero attached hydrogens (tertiary/aromatic N) is 1. The van der Waals surface area contributed by atoms with E-state index in [4.69, 9.17) is 4.74 Å². The molecule has 2 amide bonds. The van der Waals surface area contributed by atoms with Crippen LogP contribution < -0.4 is 5.32 Å². The van der Waals surface area contributed by atoms with Crippen molar-refractivity contribution in [3.8, 4) is 0 Å². The molecule has 5 nitrogen and oxygen atoms in total. The number of ether oxygens (including phenoxy) is 1. The highest BCUT2D eigenvalue weighted by Crippen LogP contribution is 2.31. The van der Waals surface area contributed by atoms with E-state index in [1.54, 1.807) is 12.1 Å². The van der Waals surface area contributed by atoms with E-state index in [0.717, 1.165) is 12.8 Å². The van der Waals surface area contributed by atoms with Gasteiger partial charge < -0.3 is 15.0 Å². The fourth-order valence-corrected chi connectivity index (χ4v) is 3.46. The molecule has 0 bridgehead atoms. The van der Waals surface area contributed by atoms with Gasteiger partial charge in [0.2, 0.25) is 11.8 Å². The highest BCUT2D eigenvalue weighted by atomic mass is 19.1. The number of carbonyl (C=O) groups is 2. The maximum absolute atomic E-state index is 13.2. The lowest BCUT2D eigenvalue weighted by molar-refractivity contribution is -0.141. The number of carbonyl (C=O) groups excluding carboxylic acids is 2. The van der Waals surface area contributed by atoms with Crippen LogP contribution in [0, 0.1) is 17.7 Å². The number of morpholine rings is 1. The quantitative estimate of drug-likeness (QED) is 0.924. The number of amides is 2. The molecule has 0 atom stereocenters. The summed E-state index contributed by atoms with van der Waals surface area (Å²) in [5, 5.41) is 2.77. The first-order chi connectivity index (χ1) is 11.6. The molecule has 1 aliphatic heterocycles. The predicted octanol–water partition coefficient (Wildman–Crippen LogP) is 2.43. The summed E-state index contributed by atoms with van der Waals surface area (Å²) in [5.41, 5.74) is 0.478. The SMILES string of the molecule is O=C(Nc1cccc(F)c1)C1CCC(C(=O)N2CCOCC2)CC1. The van der Waals surface area contributed by atoms with Crippen LogP contribution in [-0.2, 0) is 14.3 Å². The summed E-state index contributed by atoms with van der Waals surface area (Å²) in [7, 11) is 0. The van der Waals surface area contributed by atoms with Gasteiger partial charge in [0, 0.05) is 30.6 Å². The first-order valence-corrected chi connectivity index (χ1v) is 8.56. The van der Waals surface area contributed by atoms with E-state index in [1.165, 1.54) is 12.1 Å². The molecule has 3 rings (SSSR count). The number of rotatable bonds is 3. The topological polar surface area (TPSA) is 58.6 Å². The van der Waals surface area contributed by atoms with Crippen LogP contribution in [-0.4, -0.2) is 43.0 Å². The van der Waals surface area contributed by atoms with Crippen molar-refractivity contribution in [2.24, 2.45) is 11.8 Å². The molecule has 1 saturated carbocycles. The number of hydrogen-bond acceptors (Lipinski definition) is 3. The average Bonchev–Trinajstić information content (AvgIpc) is 2.62. The van der Waals surface area contributed by atoms with Gasteiger partial charge in [-0.15, -0.1) is 0 Å². The van der Waals surface area contributed by atoms with E-state index in [1.807, 2.05) is 4.90 Å². The van der Waals surface area contributed by atoms with Crippen LogP contribution >= 0.6 is 0 Å². The van der Waals surface area contributed by atoms with Gasteiger partial charge in [0.25, 0.3) is 0 Å². The second kappa shape index (κ2) is 7.75. The number of halogens is 1. The lowest BCUT2D eigenvalue weighted by Gasteiger charge is -2.33. The van der Waals surface area contributed by atoms with Gasteiger partial charge in [-0.1, -0.05) is 6.07 Å². The zero-order chi connectivity index (χ0) is 16.9. The van der Waals surface area contributed by atoms with E-state index < -0.39 is 0 Å². The standard InChI is InChI=1S/C18H23FN2O3/c19-15-2-1-3-16(12-15)20-17(22)13-4-6-14(7-5-13)18(23)21-8-10-24-11-9-21/h1-3,12-14H,4-11H2,(H,20,22). The number of anilines is 1. The van der Waals surface area contributed by atoms with Gasteiger partial charge in [0.05, 0.1) is 13.2 Å². The fourth-order valence-electron chi connectivity index (χ4n) is 3.46. The van der Waals surface area contributed by atoms with Crippen LogP contribution in [0.15, 0.2) is 24.3 Å². The van der Waals surface area contributed by atoms with Crippen molar-refractivity contribution in [3.05, 3.63) is 30.1 Å². The zero-order valence-electron chi connectivity index (χ0n) is 13.7. The molecule has 0 unspecified atom stereocenters. The van der Waals surface area contributed by atoms with E-state index in [2.05, 4.69) is 5.32 Å². The molecule has 24 heavy (non-hydrogen) atoms. The third-order valence-electron chi connectivity index (χ3n) is 4.86. The Labute approximate surface area is 141 Å². The highest BCUT2D eigenvalue weighted by molar-refractivity contribution is 5.92. The number of hydrogen-bond donors (Lipinski definition) is 1. The molecule has 6 heteroatoms. The van der Waals surface area contributed by atoms with Gasteiger partial charge in [-0.3, -0.25) is 9.59 Å². The molecule has 1 aromatic carbocycles. The Morgan fingerprint density at radius 3 is 2.42 bits per heavy atom. The largest absolute Gasteiger partial charge is 0.378 e. The molecule has 0 radical (unpaired) electrons. The summed E-state index contributed by atoms with van der Waals surface area (Å²) >= 11 is 0. The van der Waals surface area contributed by atoms with Crippen molar-refractivity contribution >= 4 is 17.5 Å². The first-order valence-electron chi connectivity index (χ1n) is 8.56. The fraction of sp³-hybridized carbons (Fsp3) is 0.556. The molecule has 1 aliphatic carbocycles. The van der Waals surface area contributed by atoms with Crippen LogP contribution in [0.4, 0.5) is 10.1 Å². The molecule has 0 spiro atoms. The number of benzene rings is 1. The van der Waals surface area contributed by atoms with E-state index in [0.29, 0.717) is 44.8 Å². The van der Waals surface area contributed by atoms with Gasteiger partial charge in [-0.2, -0.15) is 0 Å². The summed E-state index contributed by atoms with van der Waals surface area (Å²) in [6.07, 6.45) is 2.86. The third kappa shape index (κ3) is 4.12. The number of nitrogens with one attached hydrogen (secondary N) is 1. The highest BCUT2D eigenvalue weighted by Gasteiger charge is 2.32. The van der Waals surface area contributed by atoms with Crippen LogP contribution in [0.5, 0.6) is 0 Å². The lowest BCUT2D eigenvalue weighted by Crippen LogP contribution is -2.44. The maximum Gasteiger partial charge on any atom is 0.227 e. The third-order valence-corrected chi connectivity index (χ3v) is 4.86. The van der Waals surface area contributed by atoms with Crippen LogP contribution in [0.25, 0.3) is 0 Å². The van der Waals surface area contributed by atoms with Crippen molar-refractivity contribution in [2.75, 3.05) is 31.6 Å². The first kappa shape index (κ1) is 16.9. The Bertz CT molecular complexity index is 594. The smallest absolute Gasteiger partial charge is 0.227 e. The van der Waals surface area contributed by atoms with Crippen molar-refractivity contribution in [2.45, 2.75) is 25.7 Å². The lowest BCUT2D eigenvalue weighted by atomic mass is 9.81. The second-order valence-electron chi connectivity index (χ2n) is 6.49. The Morgan fingerprint density at radius 1 is 1.08 bits per heavy atom. The summed E-state index contributed by atoms with van der Waals surface area (Å²) in [6.45, 7) is 2.55. The Balaban J connectivity index is 1.49. The molecule has 1 saturated heterocycles. The minimum absolute atomic E-state index is 0.0151. The maximum atomic E-state index is 13.2. The van der Waals surface area contributed by atoms with Gasteiger partial charge in [0.15, 0.2) is 0 Å². The van der Waals surface area contributed by atoms with Crippen LogP contribution in [0.1, 0.15) is 25.7 Å². The molecule has 1 heterocycles. The molecule has 2 fully saturated rings. The minimum Gasteiger partial charge on any atom is -0.378 e.